The highest BCUT2D eigenvalue weighted by Crippen LogP contribution is 2.23. The van der Waals surface area contributed by atoms with Crippen molar-refractivity contribution in [2.45, 2.75) is 20.0 Å². The molecule has 0 aliphatic carbocycles. The van der Waals surface area contributed by atoms with Gasteiger partial charge in [-0.1, -0.05) is 24.3 Å². The molecule has 3 rings (SSSR count). The van der Waals surface area contributed by atoms with Gasteiger partial charge in [0.05, 0.1) is 34.4 Å². The van der Waals surface area contributed by atoms with E-state index in [1.54, 1.807) is 25.2 Å². The fourth-order valence-electron chi connectivity index (χ4n) is 4.11. The number of methoxy groups -OCH3 is 3. The maximum absolute atomic E-state index is 13.1. The molecular weight excluding hydrogens is 434 g/mol. The predicted octanol–water partition coefficient (Wildman–Crippen LogP) is 2.33. The van der Waals surface area contributed by atoms with E-state index in [2.05, 4.69) is 36.1 Å². The molecule has 0 spiro atoms. The molecule has 1 amide bonds. The maximum atomic E-state index is 13.1. The van der Waals surface area contributed by atoms with Gasteiger partial charge in [-0.15, -0.1) is 0 Å². The van der Waals surface area contributed by atoms with Crippen LogP contribution in [0.3, 0.4) is 0 Å². The molecule has 184 valence electrons. The smallest absolute Gasteiger partial charge is 0.319 e. The summed E-state index contributed by atoms with van der Waals surface area (Å²) in [4.78, 5) is 31.2. The van der Waals surface area contributed by atoms with Gasteiger partial charge >= 0.3 is 5.97 Å². The van der Waals surface area contributed by atoms with Crippen molar-refractivity contribution >= 4 is 11.9 Å². The van der Waals surface area contributed by atoms with Gasteiger partial charge in [-0.05, 0) is 35.7 Å². The third-order valence-corrected chi connectivity index (χ3v) is 6.14. The number of rotatable bonds is 10. The molecule has 0 aromatic heterocycles. The van der Waals surface area contributed by atoms with Crippen LogP contribution in [0, 0.1) is 6.92 Å². The summed E-state index contributed by atoms with van der Waals surface area (Å²) in [5.41, 5.74) is 3.49. The third kappa shape index (κ3) is 7.20. The zero-order valence-electron chi connectivity index (χ0n) is 20.6. The first-order valence-electron chi connectivity index (χ1n) is 11.5. The van der Waals surface area contributed by atoms with E-state index in [1.165, 1.54) is 18.2 Å². The van der Waals surface area contributed by atoms with Gasteiger partial charge in [-0.25, -0.2) is 0 Å². The number of ether oxygens (including phenoxy) is 3. The van der Waals surface area contributed by atoms with E-state index in [0.29, 0.717) is 31.1 Å². The van der Waals surface area contributed by atoms with Gasteiger partial charge in [-0.3, -0.25) is 19.4 Å². The molecule has 34 heavy (non-hydrogen) atoms. The maximum Gasteiger partial charge on any atom is 0.319 e. The van der Waals surface area contributed by atoms with Crippen molar-refractivity contribution in [3.8, 4) is 11.5 Å². The molecule has 2 aromatic carbocycles. The Kier molecular flexibility index (Phi) is 9.30. The van der Waals surface area contributed by atoms with Crippen molar-refractivity contribution in [3.63, 3.8) is 0 Å². The SMILES string of the molecule is COC(=O)CN(CC(=O)N1CCN(Cc2ccccc2C)CC1)Cc1cc(OC)cc(OC)c1. The first-order valence-corrected chi connectivity index (χ1v) is 11.5. The highest BCUT2D eigenvalue weighted by atomic mass is 16.5. The summed E-state index contributed by atoms with van der Waals surface area (Å²) >= 11 is 0. The van der Waals surface area contributed by atoms with Crippen LogP contribution < -0.4 is 9.47 Å². The van der Waals surface area contributed by atoms with Crippen LogP contribution in [-0.4, -0.2) is 87.2 Å². The quantitative estimate of drug-likeness (QED) is 0.495. The highest BCUT2D eigenvalue weighted by molar-refractivity contribution is 5.79. The standard InChI is InChI=1S/C26H35N3O5/c1-20-7-5-6-8-22(20)17-27-9-11-29(12-10-27)25(30)18-28(19-26(31)34-4)16-21-13-23(32-2)15-24(14-21)33-3/h5-8,13-15H,9-12,16-19H2,1-4H3. The van der Waals surface area contributed by atoms with E-state index in [9.17, 15) is 9.59 Å². The Hall–Kier alpha value is -3.10. The average Bonchev–Trinajstić information content (AvgIpc) is 2.85. The van der Waals surface area contributed by atoms with Crippen LogP contribution in [0.25, 0.3) is 0 Å². The van der Waals surface area contributed by atoms with Crippen LogP contribution in [0.2, 0.25) is 0 Å². The van der Waals surface area contributed by atoms with E-state index >= 15 is 0 Å². The summed E-state index contributed by atoms with van der Waals surface area (Å²) in [6.07, 6.45) is 0. The molecule has 8 heteroatoms. The molecule has 1 fully saturated rings. The van der Waals surface area contributed by atoms with E-state index in [0.717, 1.165) is 25.2 Å². The fourth-order valence-corrected chi connectivity index (χ4v) is 4.11. The third-order valence-electron chi connectivity index (χ3n) is 6.14. The minimum Gasteiger partial charge on any atom is -0.497 e. The van der Waals surface area contributed by atoms with E-state index in [-0.39, 0.29) is 25.0 Å². The number of carbonyl (C=O) groups is 2. The van der Waals surface area contributed by atoms with Gasteiger partial charge in [0.25, 0.3) is 0 Å². The fraction of sp³-hybridized carbons (Fsp3) is 0.462. The van der Waals surface area contributed by atoms with Crippen LogP contribution in [0.4, 0.5) is 0 Å². The van der Waals surface area contributed by atoms with Gasteiger partial charge < -0.3 is 19.1 Å². The monoisotopic (exact) mass is 469 g/mol. The molecule has 0 bridgehead atoms. The number of aryl methyl sites for hydroxylation is 1. The van der Waals surface area contributed by atoms with Crippen molar-refractivity contribution in [2.75, 3.05) is 60.6 Å². The number of esters is 1. The van der Waals surface area contributed by atoms with Crippen LogP contribution in [0.1, 0.15) is 16.7 Å². The lowest BCUT2D eigenvalue weighted by Gasteiger charge is -2.36. The molecule has 1 saturated heterocycles. The summed E-state index contributed by atoms with van der Waals surface area (Å²) < 4.78 is 15.5. The van der Waals surface area contributed by atoms with Gasteiger partial charge in [0.2, 0.25) is 5.91 Å². The number of benzene rings is 2. The van der Waals surface area contributed by atoms with Crippen molar-refractivity contribution in [1.82, 2.24) is 14.7 Å². The van der Waals surface area contributed by atoms with Gasteiger partial charge in [0.1, 0.15) is 11.5 Å². The number of amides is 1. The summed E-state index contributed by atoms with van der Waals surface area (Å²) in [6, 6.07) is 13.9. The predicted molar refractivity (Wildman–Crippen MR) is 130 cm³/mol. The molecule has 1 aliphatic rings. The van der Waals surface area contributed by atoms with Gasteiger partial charge in [0.15, 0.2) is 0 Å². The first-order chi connectivity index (χ1) is 16.4. The van der Waals surface area contributed by atoms with Crippen LogP contribution in [0.15, 0.2) is 42.5 Å². The number of hydrogen-bond acceptors (Lipinski definition) is 7. The second-order valence-corrected chi connectivity index (χ2v) is 8.53. The minimum atomic E-state index is -0.384. The lowest BCUT2D eigenvalue weighted by Crippen LogP contribution is -2.51. The number of carbonyl (C=O) groups excluding carboxylic acids is 2. The Morgan fingerprint density at radius 1 is 0.912 bits per heavy atom. The second-order valence-electron chi connectivity index (χ2n) is 8.53. The molecule has 8 nitrogen and oxygen atoms in total. The molecule has 1 aliphatic heterocycles. The lowest BCUT2D eigenvalue weighted by molar-refractivity contribution is -0.143. The summed E-state index contributed by atoms with van der Waals surface area (Å²) in [6.45, 7) is 6.55. The van der Waals surface area contributed by atoms with Crippen LogP contribution in [0.5, 0.6) is 11.5 Å². The average molecular weight is 470 g/mol. The van der Waals surface area contributed by atoms with E-state index in [1.807, 2.05) is 17.0 Å². The Morgan fingerprint density at radius 3 is 2.15 bits per heavy atom. The van der Waals surface area contributed by atoms with Crippen LogP contribution >= 0.6 is 0 Å². The van der Waals surface area contributed by atoms with Gasteiger partial charge in [-0.2, -0.15) is 0 Å². The highest BCUT2D eigenvalue weighted by Gasteiger charge is 2.24. The van der Waals surface area contributed by atoms with Crippen molar-refractivity contribution < 1.29 is 23.8 Å². The normalized spacial score (nSPS) is 14.2. The molecule has 0 atom stereocenters. The van der Waals surface area contributed by atoms with E-state index < -0.39 is 0 Å². The Balaban J connectivity index is 1.60. The van der Waals surface area contributed by atoms with E-state index in [4.69, 9.17) is 14.2 Å². The van der Waals surface area contributed by atoms with Gasteiger partial charge in [0, 0.05) is 45.3 Å². The number of nitrogens with zero attached hydrogens (tertiary/aromatic N) is 3. The number of hydrogen-bond donors (Lipinski definition) is 0. The minimum absolute atomic E-state index is 0.00862. The number of piperazine rings is 1. The van der Waals surface area contributed by atoms with Crippen molar-refractivity contribution in [2.24, 2.45) is 0 Å². The summed E-state index contributed by atoms with van der Waals surface area (Å²) in [5, 5.41) is 0. The van der Waals surface area contributed by atoms with Crippen molar-refractivity contribution in [1.29, 1.82) is 0 Å². The Labute approximate surface area is 202 Å². The second kappa shape index (κ2) is 12.4. The first kappa shape index (κ1) is 25.5. The Bertz CT molecular complexity index is 950. The molecule has 0 radical (unpaired) electrons. The topological polar surface area (TPSA) is 71.6 Å². The van der Waals surface area contributed by atoms with Crippen LogP contribution in [-0.2, 0) is 27.4 Å². The zero-order valence-corrected chi connectivity index (χ0v) is 20.6. The molecule has 0 unspecified atom stereocenters. The summed E-state index contributed by atoms with van der Waals surface area (Å²) in [5.74, 6) is 0.937. The lowest BCUT2D eigenvalue weighted by atomic mass is 10.1. The molecular formula is C26H35N3O5. The molecule has 2 aromatic rings. The molecule has 1 heterocycles. The molecule has 0 saturated carbocycles. The summed E-state index contributed by atoms with van der Waals surface area (Å²) in [7, 11) is 4.53. The Morgan fingerprint density at radius 2 is 1.56 bits per heavy atom. The largest absolute Gasteiger partial charge is 0.497 e. The zero-order chi connectivity index (χ0) is 24.5. The molecule has 0 N–H and O–H groups in total. The van der Waals surface area contributed by atoms with Crippen molar-refractivity contribution in [3.05, 3.63) is 59.2 Å².